The van der Waals surface area contributed by atoms with Crippen molar-refractivity contribution in [3.63, 3.8) is 0 Å². The molecule has 0 aliphatic carbocycles. The lowest BCUT2D eigenvalue weighted by Crippen LogP contribution is -2.45. The number of urea groups is 1. The smallest absolute Gasteiger partial charge is 0.314 e. The summed E-state index contributed by atoms with van der Waals surface area (Å²) in [4.78, 5) is 14.4. The Balaban J connectivity index is 1.26. The van der Waals surface area contributed by atoms with Gasteiger partial charge >= 0.3 is 6.03 Å². The zero-order chi connectivity index (χ0) is 17.5. The Hall–Kier alpha value is -1.95. The summed E-state index contributed by atoms with van der Waals surface area (Å²) in [5.41, 5.74) is 0. The van der Waals surface area contributed by atoms with E-state index < -0.39 is 0 Å². The summed E-state index contributed by atoms with van der Waals surface area (Å²) in [6, 6.07) is 7.44. The summed E-state index contributed by atoms with van der Waals surface area (Å²) in [5.74, 6) is 2.35. The maximum Gasteiger partial charge on any atom is 0.314 e. The van der Waals surface area contributed by atoms with Gasteiger partial charge in [0.1, 0.15) is 6.61 Å². The fourth-order valence-electron chi connectivity index (χ4n) is 3.22. The van der Waals surface area contributed by atoms with Gasteiger partial charge in [0.2, 0.25) is 0 Å². The molecule has 2 aliphatic heterocycles. The number of nitrogens with one attached hydrogen (secondary N) is 2. The minimum Gasteiger partial charge on any atom is -0.486 e. The zero-order valence-electron chi connectivity index (χ0n) is 15.0. The predicted octanol–water partition coefficient (Wildman–Crippen LogP) is 2.25. The minimum absolute atomic E-state index is 0.144. The monoisotopic (exact) mass is 347 g/mol. The van der Waals surface area contributed by atoms with Crippen molar-refractivity contribution in [2.75, 3.05) is 39.3 Å². The highest BCUT2D eigenvalue weighted by Gasteiger charge is 2.21. The van der Waals surface area contributed by atoms with Gasteiger partial charge in [-0.2, -0.15) is 0 Å². The molecule has 1 unspecified atom stereocenters. The molecule has 0 saturated carbocycles. The molecule has 6 heteroatoms. The first-order valence-electron chi connectivity index (χ1n) is 9.33. The second-order valence-electron chi connectivity index (χ2n) is 7.01. The number of para-hydroxylation sites is 2. The van der Waals surface area contributed by atoms with Crippen molar-refractivity contribution in [1.82, 2.24) is 15.5 Å². The van der Waals surface area contributed by atoms with Crippen molar-refractivity contribution in [3.8, 4) is 11.5 Å². The first kappa shape index (κ1) is 17.9. The number of hydrogen-bond donors (Lipinski definition) is 2. The van der Waals surface area contributed by atoms with Crippen molar-refractivity contribution in [1.29, 1.82) is 0 Å². The fourth-order valence-corrected chi connectivity index (χ4v) is 3.22. The number of amides is 2. The summed E-state index contributed by atoms with van der Waals surface area (Å²) < 4.78 is 11.5. The van der Waals surface area contributed by atoms with E-state index in [-0.39, 0.29) is 12.1 Å². The molecule has 0 bridgehead atoms. The number of likely N-dealkylation sites (tertiary alicyclic amines) is 1. The van der Waals surface area contributed by atoms with Crippen LogP contribution in [0, 0.1) is 5.92 Å². The summed E-state index contributed by atoms with van der Waals surface area (Å²) >= 11 is 0. The van der Waals surface area contributed by atoms with Crippen molar-refractivity contribution >= 4 is 6.03 Å². The molecule has 138 valence electrons. The largest absolute Gasteiger partial charge is 0.486 e. The summed E-state index contributed by atoms with van der Waals surface area (Å²) in [6.07, 6.45) is 3.41. The summed E-state index contributed by atoms with van der Waals surface area (Å²) in [5, 5.41) is 5.78. The molecule has 2 amide bonds. The van der Waals surface area contributed by atoms with E-state index in [9.17, 15) is 4.79 Å². The molecule has 2 N–H and O–H groups in total. The van der Waals surface area contributed by atoms with Crippen LogP contribution in [0.25, 0.3) is 0 Å². The van der Waals surface area contributed by atoms with E-state index in [4.69, 9.17) is 9.47 Å². The average molecular weight is 347 g/mol. The third-order valence-corrected chi connectivity index (χ3v) is 4.87. The van der Waals surface area contributed by atoms with Crippen LogP contribution >= 0.6 is 0 Å². The second kappa shape index (κ2) is 8.94. The van der Waals surface area contributed by atoms with Gasteiger partial charge in [0.05, 0.1) is 6.54 Å². The Morgan fingerprint density at radius 2 is 1.96 bits per heavy atom. The lowest BCUT2D eigenvalue weighted by molar-refractivity contribution is 0.0918. The van der Waals surface area contributed by atoms with Crippen molar-refractivity contribution in [2.24, 2.45) is 5.92 Å². The molecular formula is C19H29N3O3. The third-order valence-electron chi connectivity index (χ3n) is 4.87. The molecule has 2 aliphatic rings. The molecule has 1 atom stereocenters. The van der Waals surface area contributed by atoms with E-state index in [0.29, 0.717) is 19.7 Å². The Morgan fingerprint density at radius 1 is 1.20 bits per heavy atom. The van der Waals surface area contributed by atoms with Gasteiger partial charge in [0, 0.05) is 6.54 Å². The van der Waals surface area contributed by atoms with Crippen LogP contribution < -0.4 is 20.1 Å². The predicted molar refractivity (Wildman–Crippen MR) is 97.2 cm³/mol. The number of hydrogen-bond acceptors (Lipinski definition) is 4. The number of piperidine rings is 1. The molecule has 2 heterocycles. The highest BCUT2D eigenvalue weighted by Crippen LogP contribution is 2.30. The molecule has 0 aromatic heterocycles. The van der Waals surface area contributed by atoms with Crippen LogP contribution in [0.2, 0.25) is 0 Å². The van der Waals surface area contributed by atoms with Crippen molar-refractivity contribution in [3.05, 3.63) is 24.3 Å². The Morgan fingerprint density at radius 3 is 2.76 bits per heavy atom. The van der Waals surface area contributed by atoms with Crippen LogP contribution in [0.4, 0.5) is 4.79 Å². The zero-order valence-corrected chi connectivity index (χ0v) is 15.0. The molecule has 25 heavy (non-hydrogen) atoms. The molecule has 1 aromatic rings. The molecule has 1 aromatic carbocycles. The third kappa shape index (κ3) is 5.53. The quantitative estimate of drug-likeness (QED) is 0.775. The Kier molecular flexibility index (Phi) is 6.39. The number of ether oxygens (including phenoxy) is 2. The van der Waals surface area contributed by atoms with Crippen LogP contribution in [-0.2, 0) is 0 Å². The van der Waals surface area contributed by atoms with Gasteiger partial charge in [-0.25, -0.2) is 4.79 Å². The maximum absolute atomic E-state index is 11.9. The lowest BCUT2D eigenvalue weighted by Gasteiger charge is -2.30. The number of rotatable bonds is 6. The van der Waals surface area contributed by atoms with Gasteiger partial charge in [-0.05, 0) is 56.9 Å². The topological polar surface area (TPSA) is 62.8 Å². The van der Waals surface area contributed by atoms with Gasteiger partial charge < -0.3 is 25.0 Å². The highest BCUT2D eigenvalue weighted by atomic mass is 16.6. The van der Waals surface area contributed by atoms with E-state index in [1.807, 2.05) is 24.3 Å². The van der Waals surface area contributed by atoms with E-state index in [1.165, 1.54) is 25.9 Å². The summed E-state index contributed by atoms with van der Waals surface area (Å²) in [6.45, 7) is 7.34. The van der Waals surface area contributed by atoms with E-state index in [0.717, 1.165) is 30.4 Å². The summed E-state index contributed by atoms with van der Waals surface area (Å²) in [7, 11) is 0. The van der Waals surface area contributed by atoms with Crippen molar-refractivity contribution < 1.29 is 14.3 Å². The normalized spacial score (nSPS) is 20.9. The standard InChI is InChI=1S/C19H29N3O3/c1-15-7-11-22(12-8-15)10-4-9-20-19(23)21-13-16-14-24-17-5-2-3-6-18(17)25-16/h2-3,5-6,15-16H,4,7-14H2,1H3,(H2,20,21,23). The van der Waals surface area contributed by atoms with Crippen LogP contribution in [0.5, 0.6) is 11.5 Å². The van der Waals surface area contributed by atoms with Crippen LogP contribution in [0.15, 0.2) is 24.3 Å². The second-order valence-corrected chi connectivity index (χ2v) is 7.01. The lowest BCUT2D eigenvalue weighted by atomic mass is 9.99. The van der Waals surface area contributed by atoms with Crippen LogP contribution in [0.3, 0.4) is 0 Å². The minimum atomic E-state index is -0.156. The van der Waals surface area contributed by atoms with Crippen LogP contribution in [0.1, 0.15) is 26.2 Å². The Bertz CT molecular complexity index is 559. The van der Waals surface area contributed by atoms with Crippen molar-refractivity contribution in [2.45, 2.75) is 32.3 Å². The Labute approximate surface area is 149 Å². The molecule has 0 spiro atoms. The number of nitrogens with zero attached hydrogens (tertiary/aromatic N) is 1. The molecule has 3 rings (SSSR count). The van der Waals surface area contributed by atoms with Gasteiger partial charge in [-0.15, -0.1) is 0 Å². The van der Waals surface area contributed by atoms with Gasteiger partial charge in [0.15, 0.2) is 17.6 Å². The van der Waals surface area contributed by atoms with Gasteiger partial charge in [0.25, 0.3) is 0 Å². The average Bonchev–Trinajstić information content (AvgIpc) is 2.65. The van der Waals surface area contributed by atoms with E-state index in [1.54, 1.807) is 0 Å². The number of carbonyl (C=O) groups is 1. The molecule has 1 fully saturated rings. The van der Waals surface area contributed by atoms with Crippen LogP contribution in [-0.4, -0.2) is 56.4 Å². The number of benzene rings is 1. The number of fused-ring (bicyclic) bond motifs is 1. The maximum atomic E-state index is 11.9. The highest BCUT2D eigenvalue weighted by molar-refractivity contribution is 5.73. The molecular weight excluding hydrogens is 318 g/mol. The molecule has 1 saturated heterocycles. The first-order chi connectivity index (χ1) is 12.2. The molecule has 6 nitrogen and oxygen atoms in total. The van der Waals surface area contributed by atoms with E-state index in [2.05, 4.69) is 22.5 Å². The first-order valence-corrected chi connectivity index (χ1v) is 9.33. The molecule has 0 radical (unpaired) electrons. The fraction of sp³-hybridized carbons (Fsp3) is 0.632. The van der Waals surface area contributed by atoms with E-state index >= 15 is 0 Å². The van der Waals surface area contributed by atoms with Gasteiger partial charge in [-0.1, -0.05) is 19.1 Å². The number of carbonyl (C=O) groups excluding carboxylic acids is 1. The SMILES string of the molecule is CC1CCN(CCCNC(=O)NCC2COc3ccccc3O2)CC1. The van der Waals surface area contributed by atoms with Gasteiger partial charge in [-0.3, -0.25) is 0 Å².